The van der Waals surface area contributed by atoms with Gasteiger partial charge in [0.25, 0.3) is 0 Å². The molecule has 3 rings (SSSR count). The molecule has 1 N–H and O–H groups in total. The van der Waals surface area contributed by atoms with Gasteiger partial charge in [-0.3, -0.25) is 4.90 Å². The molecule has 2 aromatic rings. The first-order valence-electron chi connectivity index (χ1n) is 8.99. The number of hydrogen-bond donors (Lipinski definition) is 1. The van der Waals surface area contributed by atoms with Gasteiger partial charge in [0.15, 0.2) is 0 Å². The Morgan fingerprint density at radius 1 is 1.04 bits per heavy atom. The highest BCUT2D eigenvalue weighted by atomic mass is 19.3. The van der Waals surface area contributed by atoms with Crippen molar-refractivity contribution in [3.63, 3.8) is 0 Å². The molecule has 5 nitrogen and oxygen atoms in total. The molecule has 28 heavy (non-hydrogen) atoms. The number of nitrogens with zero attached hydrogens (tertiary/aromatic N) is 1. The standard InChI is InChI=1S/C21H21F2NO4/c1-24(18(20(25)26)10-11-19(22)23)21(27)28-12-17-15-8-4-2-6-13(15)14-7-3-5-9-16(14)17/h2-9,17-19H,10-12H2,1H3,(H,25,26). The van der Waals surface area contributed by atoms with E-state index in [1.54, 1.807) is 0 Å². The van der Waals surface area contributed by atoms with Crippen LogP contribution in [-0.4, -0.2) is 48.2 Å². The molecule has 0 saturated carbocycles. The number of rotatable bonds is 7. The van der Waals surface area contributed by atoms with E-state index in [1.807, 2.05) is 48.5 Å². The van der Waals surface area contributed by atoms with E-state index in [-0.39, 0.29) is 18.9 Å². The molecule has 0 aromatic heterocycles. The zero-order valence-corrected chi connectivity index (χ0v) is 15.3. The van der Waals surface area contributed by atoms with Gasteiger partial charge in [-0.15, -0.1) is 0 Å². The average Bonchev–Trinajstić information content (AvgIpc) is 2.99. The number of hydrogen-bond acceptors (Lipinski definition) is 3. The smallest absolute Gasteiger partial charge is 0.410 e. The number of carbonyl (C=O) groups is 2. The van der Waals surface area contributed by atoms with E-state index in [0.717, 1.165) is 27.2 Å². The molecule has 0 fully saturated rings. The minimum Gasteiger partial charge on any atom is -0.480 e. The fraction of sp³-hybridized carbons (Fsp3) is 0.333. The number of alkyl halides is 2. The molecule has 1 unspecified atom stereocenters. The van der Waals surface area contributed by atoms with Crippen molar-refractivity contribution in [2.45, 2.75) is 31.2 Å². The van der Waals surface area contributed by atoms with E-state index in [1.165, 1.54) is 7.05 Å². The van der Waals surface area contributed by atoms with Crippen molar-refractivity contribution in [2.24, 2.45) is 0 Å². The fourth-order valence-corrected chi connectivity index (χ4v) is 3.59. The van der Waals surface area contributed by atoms with Gasteiger partial charge >= 0.3 is 12.1 Å². The molecule has 1 aliphatic rings. The molecule has 1 amide bonds. The molecular weight excluding hydrogens is 368 g/mol. The van der Waals surface area contributed by atoms with E-state index in [0.29, 0.717) is 0 Å². The zero-order chi connectivity index (χ0) is 20.3. The predicted molar refractivity (Wildman–Crippen MR) is 99.5 cm³/mol. The monoisotopic (exact) mass is 389 g/mol. The lowest BCUT2D eigenvalue weighted by molar-refractivity contribution is -0.142. The third-order valence-electron chi connectivity index (χ3n) is 5.03. The van der Waals surface area contributed by atoms with Gasteiger partial charge in [-0.05, 0) is 28.7 Å². The summed E-state index contributed by atoms with van der Waals surface area (Å²) in [5.74, 6) is -1.49. The summed E-state index contributed by atoms with van der Waals surface area (Å²) in [7, 11) is 1.25. The second-order valence-corrected chi connectivity index (χ2v) is 6.74. The number of fused-ring (bicyclic) bond motifs is 3. The first-order chi connectivity index (χ1) is 13.4. The van der Waals surface area contributed by atoms with Crippen molar-refractivity contribution >= 4 is 12.1 Å². The van der Waals surface area contributed by atoms with Crippen LogP contribution >= 0.6 is 0 Å². The number of carboxylic acid groups (broad SMARTS) is 1. The van der Waals surface area contributed by atoms with Crippen LogP contribution in [0, 0.1) is 0 Å². The summed E-state index contributed by atoms with van der Waals surface area (Å²) in [4.78, 5) is 24.6. The van der Waals surface area contributed by atoms with Crippen LogP contribution in [0.1, 0.15) is 29.9 Å². The first-order valence-corrected chi connectivity index (χ1v) is 8.99. The summed E-state index contributed by atoms with van der Waals surface area (Å²) >= 11 is 0. The van der Waals surface area contributed by atoms with Crippen LogP contribution < -0.4 is 0 Å². The predicted octanol–water partition coefficient (Wildman–Crippen LogP) is 4.37. The Bertz CT molecular complexity index is 825. The van der Waals surface area contributed by atoms with E-state index >= 15 is 0 Å². The van der Waals surface area contributed by atoms with E-state index in [4.69, 9.17) is 4.74 Å². The third kappa shape index (κ3) is 3.98. The van der Waals surface area contributed by atoms with Gasteiger partial charge < -0.3 is 9.84 Å². The van der Waals surface area contributed by atoms with Gasteiger partial charge in [0.1, 0.15) is 12.6 Å². The number of likely N-dealkylation sites (N-methyl/N-ethyl adjacent to an activating group) is 1. The van der Waals surface area contributed by atoms with Crippen LogP contribution in [0.3, 0.4) is 0 Å². The number of amides is 1. The Morgan fingerprint density at radius 3 is 2.07 bits per heavy atom. The minimum atomic E-state index is -2.63. The van der Waals surface area contributed by atoms with Crippen molar-refractivity contribution in [2.75, 3.05) is 13.7 Å². The summed E-state index contributed by atoms with van der Waals surface area (Å²) in [6.45, 7) is 0.0401. The van der Waals surface area contributed by atoms with E-state index in [2.05, 4.69) is 0 Å². The van der Waals surface area contributed by atoms with Crippen LogP contribution in [0.5, 0.6) is 0 Å². The molecule has 0 heterocycles. The van der Waals surface area contributed by atoms with E-state index < -0.39 is 31.0 Å². The van der Waals surface area contributed by atoms with Crippen LogP contribution in [0.15, 0.2) is 48.5 Å². The van der Waals surface area contributed by atoms with Crippen molar-refractivity contribution in [3.05, 3.63) is 59.7 Å². The molecular formula is C21H21F2NO4. The molecule has 148 valence electrons. The van der Waals surface area contributed by atoms with Crippen LogP contribution in [0.25, 0.3) is 11.1 Å². The minimum absolute atomic E-state index is 0.0401. The Morgan fingerprint density at radius 2 is 1.57 bits per heavy atom. The number of aliphatic carboxylic acids is 1. The quantitative estimate of drug-likeness (QED) is 0.764. The molecule has 1 aliphatic carbocycles. The second-order valence-electron chi connectivity index (χ2n) is 6.74. The normalized spacial score (nSPS) is 13.7. The number of carbonyl (C=O) groups excluding carboxylic acids is 1. The first kappa shape index (κ1) is 19.8. The summed E-state index contributed by atoms with van der Waals surface area (Å²) in [6.07, 6.45) is -4.41. The largest absolute Gasteiger partial charge is 0.480 e. The number of ether oxygens (including phenoxy) is 1. The highest BCUT2D eigenvalue weighted by Gasteiger charge is 2.32. The van der Waals surface area contributed by atoms with Crippen LogP contribution in [-0.2, 0) is 9.53 Å². The molecule has 7 heteroatoms. The Labute approximate surface area is 161 Å². The van der Waals surface area contributed by atoms with Gasteiger partial charge in [-0.2, -0.15) is 0 Å². The third-order valence-corrected chi connectivity index (χ3v) is 5.03. The van der Waals surface area contributed by atoms with Crippen LogP contribution in [0.4, 0.5) is 13.6 Å². The molecule has 0 spiro atoms. The van der Waals surface area contributed by atoms with E-state index in [9.17, 15) is 23.5 Å². The Balaban J connectivity index is 1.71. The molecule has 0 saturated heterocycles. The second kappa shape index (κ2) is 8.37. The maximum atomic E-state index is 12.4. The van der Waals surface area contributed by atoms with Gasteiger partial charge in [-0.1, -0.05) is 48.5 Å². The summed E-state index contributed by atoms with van der Waals surface area (Å²) < 4.78 is 30.2. The number of carboxylic acids is 1. The van der Waals surface area contributed by atoms with Gasteiger partial charge in [-0.25, -0.2) is 18.4 Å². The van der Waals surface area contributed by atoms with Crippen molar-refractivity contribution < 1.29 is 28.2 Å². The van der Waals surface area contributed by atoms with Crippen molar-refractivity contribution in [1.29, 1.82) is 0 Å². The lowest BCUT2D eigenvalue weighted by Gasteiger charge is -2.25. The Hall–Kier alpha value is -2.96. The topological polar surface area (TPSA) is 66.8 Å². The molecule has 0 bridgehead atoms. The Kier molecular flexibility index (Phi) is 5.92. The summed E-state index contributed by atoms with van der Waals surface area (Å²) in [5.41, 5.74) is 4.22. The lowest BCUT2D eigenvalue weighted by atomic mass is 9.98. The summed E-state index contributed by atoms with van der Waals surface area (Å²) in [6, 6.07) is 14.3. The average molecular weight is 389 g/mol. The van der Waals surface area contributed by atoms with Crippen LogP contribution in [0.2, 0.25) is 0 Å². The molecule has 0 aliphatic heterocycles. The van der Waals surface area contributed by atoms with Crippen molar-refractivity contribution in [1.82, 2.24) is 4.90 Å². The van der Waals surface area contributed by atoms with Crippen molar-refractivity contribution in [3.8, 4) is 11.1 Å². The van der Waals surface area contributed by atoms with Gasteiger partial charge in [0.2, 0.25) is 6.43 Å². The highest BCUT2D eigenvalue weighted by Crippen LogP contribution is 2.44. The molecule has 2 aromatic carbocycles. The summed E-state index contributed by atoms with van der Waals surface area (Å²) in [5, 5.41) is 9.25. The number of halogens is 2. The lowest BCUT2D eigenvalue weighted by Crippen LogP contribution is -2.43. The molecule has 0 radical (unpaired) electrons. The zero-order valence-electron chi connectivity index (χ0n) is 15.3. The highest BCUT2D eigenvalue weighted by molar-refractivity contribution is 5.81. The van der Waals surface area contributed by atoms with Gasteiger partial charge in [0.05, 0.1) is 0 Å². The SMILES string of the molecule is CN(C(=O)OCC1c2ccccc2-c2ccccc21)C(CCC(F)F)C(=O)O. The maximum absolute atomic E-state index is 12.4. The van der Waals surface area contributed by atoms with Gasteiger partial charge in [0, 0.05) is 19.4 Å². The fourth-order valence-electron chi connectivity index (χ4n) is 3.59. The molecule has 1 atom stereocenters. The maximum Gasteiger partial charge on any atom is 0.410 e. The number of benzene rings is 2.